The summed E-state index contributed by atoms with van der Waals surface area (Å²) >= 11 is 0. The smallest absolute Gasteiger partial charge is 0.229 e. The molecule has 0 amide bonds. The molecule has 2 aromatic rings. The minimum atomic E-state index is -1.36. The van der Waals surface area contributed by atoms with Crippen molar-refractivity contribution in [2.24, 2.45) is 0 Å². The van der Waals surface area contributed by atoms with Gasteiger partial charge in [-0.05, 0) is 23.8 Å². The SMILES string of the molecule is O=C(/C=C/c1ccc(OC2OC(CO)C(O)C2O)c(O)c1)c1ccccc1. The zero-order valence-electron chi connectivity index (χ0n) is 14.3. The lowest BCUT2D eigenvalue weighted by Gasteiger charge is -2.17. The second-order valence-electron chi connectivity index (χ2n) is 6.12. The average molecular weight is 372 g/mol. The molecular formula is C20H20O7. The van der Waals surface area contributed by atoms with E-state index in [0.29, 0.717) is 11.1 Å². The minimum Gasteiger partial charge on any atom is -0.504 e. The lowest BCUT2D eigenvalue weighted by molar-refractivity contribution is -0.117. The van der Waals surface area contributed by atoms with E-state index >= 15 is 0 Å². The first-order valence-electron chi connectivity index (χ1n) is 8.39. The zero-order valence-corrected chi connectivity index (χ0v) is 14.3. The van der Waals surface area contributed by atoms with Crippen LogP contribution >= 0.6 is 0 Å². The van der Waals surface area contributed by atoms with Gasteiger partial charge in [-0.15, -0.1) is 0 Å². The normalized spacial score (nSPS) is 25.0. The fourth-order valence-electron chi connectivity index (χ4n) is 2.70. The number of aliphatic hydroxyl groups is 3. The van der Waals surface area contributed by atoms with Crippen molar-refractivity contribution in [3.05, 3.63) is 65.7 Å². The van der Waals surface area contributed by atoms with Crippen LogP contribution in [0.5, 0.6) is 11.5 Å². The molecule has 0 spiro atoms. The number of ketones is 1. The fourth-order valence-corrected chi connectivity index (χ4v) is 2.70. The molecule has 2 aromatic carbocycles. The number of aromatic hydroxyl groups is 1. The van der Waals surface area contributed by atoms with Crippen LogP contribution in [0.2, 0.25) is 0 Å². The van der Waals surface area contributed by atoms with Crippen LogP contribution in [0.15, 0.2) is 54.6 Å². The van der Waals surface area contributed by atoms with Gasteiger partial charge in [0.25, 0.3) is 0 Å². The average Bonchev–Trinajstić information content (AvgIpc) is 2.96. The Morgan fingerprint density at radius 1 is 1.11 bits per heavy atom. The van der Waals surface area contributed by atoms with Gasteiger partial charge in [0.2, 0.25) is 6.29 Å². The molecule has 1 fully saturated rings. The van der Waals surface area contributed by atoms with Crippen LogP contribution < -0.4 is 4.74 Å². The van der Waals surface area contributed by atoms with E-state index in [-0.39, 0.29) is 17.3 Å². The van der Waals surface area contributed by atoms with Gasteiger partial charge in [0, 0.05) is 5.56 Å². The summed E-state index contributed by atoms with van der Waals surface area (Å²) in [6.07, 6.45) is -1.86. The third-order valence-electron chi connectivity index (χ3n) is 4.21. The van der Waals surface area contributed by atoms with Crippen LogP contribution in [0.4, 0.5) is 0 Å². The molecule has 1 aliphatic heterocycles. The molecule has 0 aliphatic carbocycles. The van der Waals surface area contributed by atoms with Gasteiger partial charge in [0.15, 0.2) is 17.3 Å². The third kappa shape index (κ3) is 4.35. The first-order valence-corrected chi connectivity index (χ1v) is 8.39. The van der Waals surface area contributed by atoms with Crippen LogP contribution in [0.1, 0.15) is 15.9 Å². The minimum absolute atomic E-state index is 0.0383. The lowest BCUT2D eigenvalue weighted by atomic mass is 10.1. The van der Waals surface area contributed by atoms with Crippen molar-refractivity contribution >= 4 is 11.9 Å². The van der Waals surface area contributed by atoms with Crippen molar-refractivity contribution in [2.75, 3.05) is 6.61 Å². The Morgan fingerprint density at radius 2 is 1.85 bits per heavy atom. The van der Waals surface area contributed by atoms with Gasteiger partial charge >= 0.3 is 0 Å². The summed E-state index contributed by atoms with van der Waals surface area (Å²) in [5.41, 5.74) is 1.13. The number of hydrogen-bond acceptors (Lipinski definition) is 7. The molecule has 1 heterocycles. The number of ether oxygens (including phenoxy) is 2. The highest BCUT2D eigenvalue weighted by Gasteiger charge is 2.44. The number of carbonyl (C=O) groups is 1. The molecule has 27 heavy (non-hydrogen) atoms. The molecule has 7 heteroatoms. The first-order chi connectivity index (χ1) is 13.0. The monoisotopic (exact) mass is 372 g/mol. The summed E-state index contributed by atoms with van der Waals surface area (Å²) in [4.78, 5) is 12.1. The molecule has 1 aliphatic rings. The van der Waals surface area contributed by atoms with Crippen molar-refractivity contribution in [1.82, 2.24) is 0 Å². The standard InChI is InChI=1S/C20H20O7/c21-11-17-18(24)19(25)20(27-17)26-16-9-7-12(10-15(16)23)6-8-14(22)13-4-2-1-3-5-13/h1-10,17-21,23-25H,11H2/b8-6+. The molecule has 3 rings (SSSR count). The summed E-state index contributed by atoms with van der Waals surface area (Å²) in [6.45, 7) is -0.469. The third-order valence-corrected chi connectivity index (χ3v) is 4.21. The molecule has 1 saturated heterocycles. The maximum absolute atomic E-state index is 12.1. The quantitative estimate of drug-likeness (QED) is 0.443. The number of allylic oxidation sites excluding steroid dienone is 1. The molecule has 0 saturated carbocycles. The molecule has 4 atom stereocenters. The van der Waals surface area contributed by atoms with E-state index < -0.39 is 31.2 Å². The maximum Gasteiger partial charge on any atom is 0.229 e. The predicted molar refractivity (Wildman–Crippen MR) is 96.3 cm³/mol. The van der Waals surface area contributed by atoms with E-state index in [1.54, 1.807) is 36.4 Å². The number of phenols is 1. The molecule has 4 N–H and O–H groups in total. The highest BCUT2D eigenvalue weighted by Crippen LogP contribution is 2.31. The molecule has 4 unspecified atom stereocenters. The molecule has 0 bridgehead atoms. The van der Waals surface area contributed by atoms with Crippen LogP contribution in [-0.4, -0.2) is 57.4 Å². The van der Waals surface area contributed by atoms with Gasteiger partial charge in [0.1, 0.15) is 18.3 Å². The zero-order chi connectivity index (χ0) is 19.4. The van der Waals surface area contributed by atoms with Crippen LogP contribution in [0, 0.1) is 0 Å². The van der Waals surface area contributed by atoms with E-state index in [0.717, 1.165) is 0 Å². The fraction of sp³-hybridized carbons (Fsp3) is 0.250. The molecule has 142 valence electrons. The molecule has 0 radical (unpaired) electrons. The van der Waals surface area contributed by atoms with Crippen LogP contribution in [-0.2, 0) is 4.74 Å². The van der Waals surface area contributed by atoms with Crippen molar-refractivity contribution < 1.29 is 34.7 Å². The first kappa shape index (κ1) is 19.1. The summed E-state index contributed by atoms with van der Waals surface area (Å²) in [5, 5.41) is 38.8. The molecule has 7 nitrogen and oxygen atoms in total. The van der Waals surface area contributed by atoms with Crippen molar-refractivity contribution in [3.8, 4) is 11.5 Å². The number of carbonyl (C=O) groups excluding carboxylic acids is 1. The van der Waals surface area contributed by atoms with E-state index in [2.05, 4.69) is 0 Å². The van der Waals surface area contributed by atoms with Gasteiger partial charge < -0.3 is 29.9 Å². The number of hydrogen-bond donors (Lipinski definition) is 4. The van der Waals surface area contributed by atoms with Crippen molar-refractivity contribution in [1.29, 1.82) is 0 Å². The Labute approximate surface area is 155 Å². The Balaban J connectivity index is 1.67. The summed E-state index contributed by atoms with van der Waals surface area (Å²) in [5.74, 6) is -0.347. The van der Waals surface area contributed by atoms with Crippen LogP contribution in [0.3, 0.4) is 0 Å². The summed E-state index contributed by atoms with van der Waals surface area (Å²) in [6, 6.07) is 13.3. The van der Waals surface area contributed by atoms with E-state index in [1.807, 2.05) is 6.07 Å². The Hall–Kier alpha value is -2.71. The highest BCUT2D eigenvalue weighted by atomic mass is 16.7. The largest absolute Gasteiger partial charge is 0.504 e. The van der Waals surface area contributed by atoms with Gasteiger partial charge in [-0.1, -0.05) is 42.5 Å². The number of rotatable bonds is 6. The van der Waals surface area contributed by atoms with Gasteiger partial charge in [0.05, 0.1) is 6.61 Å². The Kier molecular flexibility index (Phi) is 5.88. The molecular weight excluding hydrogens is 352 g/mol. The van der Waals surface area contributed by atoms with Gasteiger partial charge in [-0.25, -0.2) is 0 Å². The number of aliphatic hydroxyl groups excluding tert-OH is 3. The van der Waals surface area contributed by atoms with E-state index in [1.165, 1.54) is 18.2 Å². The number of phenolic OH excluding ortho intramolecular Hbond substituents is 1. The second-order valence-corrected chi connectivity index (χ2v) is 6.12. The Bertz CT molecular complexity index is 818. The lowest BCUT2D eigenvalue weighted by Crippen LogP contribution is -2.35. The predicted octanol–water partition coefficient (Wildman–Crippen LogP) is 1.11. The summed E-state index contributed by atoms with van der Waals surface area (Å²) < 4.78 is 10.6. The van der Waals surface area contributed by atoms with E-state index in [4.69, 9.17) is 14.6 Å². The maximum atomic E-state index is 12.1. The Morgan fingerprint density at radius 3 is 2.48 bits per heavy atom. The van der Waals surface area contributed by atoms with Crippen molar-refractivity contribution in [2.45, 2.75) is 24.6 Å². The summed E-state index contributed by atoms with van der Waals surface area (Å²) in [7, 11) is 0. The topological polar surface area (TPSA) is 116 Å². The number of benzene rings is 2. The highest BCUT2D eigenvalue weighted by molar-refractivity contribution is 6.06. The molecule has 0 aromatic heterocycles. The second kappa shape index (κ2) is 8.32. The van der Waals surface area contributed by atoms with Gasteiger partial charge in [-0.2, -0.15) is 0 Å². The van der Waals surface area contributed by atoms with Gasteiger partial charge in [-0.3, -0.25) is 4.79 Å². The van der Waals surface area contributed by atoms with Crippen molar-refractivity contribution in [3.63, 3.8) is 0 Å². The van der Waals surface area contributed by atoms with E-state index in [9.17, 15) is 20.1 Å². The van der Waals surface area contributed by atoms with Crippen LogP contribution in [0.25, 0.3) is 6.08 Å².